The summed E-state index contributed by atoms with van der Waals surface area (Å²) in [6, 6.07) is 5.25. The van der Waals surface area contributed by atoms with Gasteiger partial charge < -0.3 is 15.4 Å². The third kappa shape index (κ3) is 6.12. The predicted octanol–water partition coefficient (Wildman–Crippen LogP) is 0.394. The quantitative estimate of drug-likeness (QED) is 0.405. The van der Waals surface area contributed by atoms with Crippen molar-refractivity contribution in [1.29, 1.82) is 0 Å². The number of ether oxygens (including phenoxy) is 1. The Bertz CT molecular complexity index is 602. The van der Waals surface area contributed by atoms with Gasteiger partial charge in [-0.2, -0.15) is 0 Å². The number of carbonyl (C=O) groups excluding carboxylic acids is 3. The van der Waals surface area contributed by atoms with Crippen molar-refractivity contribution in [1.82, 2.24) is 10.6 Å². The van der Waals surface area contributed by atoms with Gasteiger partial charge in [-0.15, -0.1) is 0 Å². The monoisotopic (exact) mass is 323 g/mol. The SMILES string of the molecule is CCCNC(=O)CNC(=O)COC(=O)c1ccccc1[N+](=O)[O-]. The van der Waals surface area contributed by atoms with Crippen LogP contribution in [0, 0.1) is 10.1 Å². The van der Waals surface area contributed by atoms with E-state index in [9.17, 15) is 24.5 Å². The molecule has 23 heavy (non-hydrogen) atoms. The molecule has 0 aliphatic heterocycles. The molecule has 0 aromatic heterocycles. The van der Waals surface area contributed by atoms with E-state index in [1.165, 1.54) is 18.2 Å². The minimum absolute atomic E-state index is 0.234. The molecule has 0 atom stereocenters. The number of esters is 1. The zero-order valence-corrected chi connectivity index (χ0v) is 12.5. The fourth-order valence-electron chi connectivity index (χ4n) is 1.57. The van der Waals surface area contributed by atoms with Gasteiger partial charge in [0.15, 0.2) is 6.61 Å². The van der Waals surface area contributed by atoms with Crippen LogP contribution in [0.15, 0.2) is 24.3 Å². The van der Waals surface area contributed by atoms with Crippen LogP contribution in [0.4, 0.5) is 5.69 Å². The number of carbonyl (C=O) groups is 3. The van der Waals surface area contributed by atoms with E-state index in [1.54, 1.807) is 0 Å². The van der Waals surface area contributed by atoms with Crippen LogP contribution in [0.5, 0.6) is 0 Å². The average Bonchev–Trinajstić information content (AvgIpc) is 2.55. The van der Waals surface area contributed by atoms with Crippen LogP contribution < -0.4 is 10.6 Å². The average molecular weight is 323 g/mol. The Morgan fingerprint density at radius 3 is 2.52 bits per heavy atom. The van der Waals surface area contributed by atoms with E-state index in [1.807, 2.05) is 6.92 Å². The third-order valence-corrected chi connectivity index (χ3v) is 2.67. The molecule has 0 radical (unpaired) electrons. The standard InChI is InChI=1S/C14H17N3O6/c1-2-7-15-12(18)8-16-13(19)9-23-14(20)10-5-3-4-6-11(10)17(21)22/h3-6H,2,7-9H2,1H3,(H,15,18)(H,16,19). The zero-order valence-electron chi connectivity index (χ0n) is 12.5. The van der Waals surface area contributed by atoms with Gasteiger partial charge in [0.1, 0.15) is 5.56 Å². The summed E-state index contributed by atoms with van der Waals surface area (Å²) in [5.74, 6) is -2.02. The summed E-state index contributed by atoms with van der Waals surface area (Å²) in [4.78, 5) is 44.6. The summed E-state index contributed by atoms with van der Waals surface area (Å²) in [5, 5.41) is 15.6. The molecule has 0 fully saturated rings. The summed E-state index contributed by atoms with van der Waals surface area (Å²) < 4.78 is 4.71. The molecule has 0 aliphatic rings. The summed E-state index contributed by atoms with van der Waals surface area (Å²) >= 11 is 0. The first kappa shape index (κ1) is 18.1. The molecule has 9 nitrogen and oxygen atoms in total. The number of para-hydroxylation sites is 1. The molecule has 1 aromatic rings. The maximum Gasteiger partial charge on any atom is 0.345 e. The lowest BCUT2D eigenvalue weighted by Crippen LogP contribution is -2.38. The second-order valence-electron chi connectivity index (χ2n) is 4.48. The number of amides is 2. The van der Waals surface area contributed by atoms with Gasteiger partial charge in [0, 0.05) is 12.6 Å². The molecule has 2 amide bonds. The Morgan fingerprint density at radius 1 is 1.17 bits per heavy atom. The van der Waals surface area contributed by atoms with E-state index in [0.29, 0.717) is 6.54 Å². The minimum Gasteiger partial charge on any atom is -0.452 e. The van der Waals surface area contributed by atoms with Gasteiger partial charge >= 0.3 is 5.97 Å². The zero-order chi connectivity index (χ0) is 17.2. The van der Waals surface area contributed by atoms with Crippen molar-refractivity contribution in [3.63, 3.8) is 0 Å². The van der Waals surface area contributed by atoms with Gasteiger partial charge in [0.2, 0.25) is 5.91 Å². The largest absolute Gasteiger partial charge is 0.452 e. The molecule has 0 unspecified atom stereocenters. The summed E-state index contributed by atoms with van der Waals surface area (Å²) in [7, 11) is 0. The van der Waals surface area contributed by atoms with E-state index in [2.05, 4.69) is 10.6 Å². The molecule has 2 N–H and O–H groups in total. The van der Waals surface area contributed by atoms with Gasteiger partial charge in [-0.1, -0.05) is 19.1 Å². The highest BCUT2D eigenvalue weighted by atomic mass is 16.6. The smallest absolute Gasteiger partial charge is 0.345 e. The van der Waals surface area contributed by atoms with E-state index in [4.69, 9.17) is 4.74 Å². The molecule has 0 heterocycles. The van der Waals surface area contributed by atoms with Crippen LogP contribution in [0.25, 0.3) is 0 Å². The molecule has 0 saturated carbocycles. The van der Waals surface area contributed by atoms with Crippen molar-refractivity contribution < 1.29 is 24.0 Å². The van der Waals surface area contributed by atoms with Crippen molar-refractivity contribution in [3.8, 4) is 0 Å². The molecule has 1 rings (SSSR count). The highest BCUT2D eigenvalue weighted by Crippen LogP contribution is 2.18. The third-order valence-electron chi connectivity index (χ3n) is 2.67. The Kier molecular flexibility index (Phi) is 7.18. The fourth-order valence-corrected chi connectivity index (χ4v) is 1.57. The number of hydrogen-bond acceptors (Lipinski definition) is 6. The summed E-state index contributed by atoms with van der Waals surface area (Å²) in [6.45, 7) is 1.52. The lowest BCUT2D eigenvalue weighted by molar-refractivity contribution is -0.385. The number of benzene rings is 1. The van der Waals surface area contributed by atoms with Crippen molar-refractivity contribution in [2.24, 2.45) is 0 Å². The molecule has 0 saturated heterocycles. The van der Waals surface area contributed by atoms with Crippen LogP contribution in [0.1, 0.15) is 23.7 Å². The second kappa shape index (κ2) is 9.13. The highest BCUT2D eigenvalue weighted by molar-refractivity contribution is 5.95. The normalized spacial score (nSPS) is 9.78. The molecule has 0 spiro atoms. The van der Waals surface area contributed by atoms with Crippen molar-refractivity contribution in [2.75, 3.05) is 19.7 Å². The first-order valence-corrected chi connectivity index (χ1v) is 6.89. The Balaban J connectivity index is 2.46. The van der Waals surface area contributed by atoms with Gasteiger partial charge in [-0.3, -0.25) is 19.7 Å². The predicted molar refractivity (Wildman–Crippen MR) is 79.7 cm³/mol. The van der Waals surface area contributed by atoms with Gasteiger partial charge in [0.05, 0.1) is 11.5 Å². The molecule has 0 aliphatic carbocycles. The van der Waals surface area contributed by atoms with E-state index >= 15 is 0 Å². The van der Waals surface area contributed by atoms with Crippen LogP contribution in [-0.4, -0.2) is 42.4 Å². The number of rotatable bonds is 8. The van der Waals surface area contributed by atoms with Crippen molar-refractivity contribution >= 4 is 23.5 Å². The molecule has 9 heteroatoms. The summed E-state index contributed by atoms with van der Waals surface area (Å²) in [6.07, 6.45) is 0.771. The van der Waals surface area contributed by atoms with E-state index < -0.39 is 29.1 Å². The Hall–Kier alpha value is -2.97. The lowest BCUT2D eigenvalue weighted by atomic mass is 10.2. The van der Waals surface area contributed by atoms with Crippen LogP contribution in [0.2, 0.25) is 0 Å². The Morgan fingerprint density at radius 2 is 1.87 bits per heavy atom. The maximum atomic E-state index is 11.8. The van der Waals surface area contributed by atoms with E-state index in [-0.39, 0.29) is 18.0 Å². The molecule has 0 bridgehead atoms. The number of nitrogens with zero attached hydrogens (tertiary/aromatic N) is 1. The molecular weight excluding hydrogens is 306 g/mol. The van der Waals surface area contributed by atoms with Gasteiger partial charge in [-0.25, -0.2) is 4.79 Å². The van der Waals surface area contributed by atoms with Gasteiger partial charge in [-0.05, 0) is 12.5 Å². The van der Waals surface area contributed by atoms with E-state index in [0.717, 1.165) is 12.5 Å². The van der Waals surface area contributed by atoms with Crippen LogP contribution >= 0.6 is 0 Å². The topological polar surface area (TPSA) is 128 Å². The lowest BCUT2D eigenvalue weighted by Gasteiger charge is -2.07. The molecular formula is C14H17N3O6. The number of nitrogens with one attached hydrogen (secondary N) is 2. The number of nitro benzene ring substituents is 1. The minimum atomic E-state index is -0.983. The molecule has 124 valence electrons. The maximum absolute atomic E-state index is 11.8. The van der Waals surface area contributed by atoms with Crippen molar-refractivity contribution in [3.05, 3.63) is 39.9 Å². The van der Waals surface area contributed by atoms with Crippen LogP contribution in [0.3, 0.4) is 0 Å². The van der Waals surface area contributed by atoms with Gasteiger partial charge in [0.25, 0.3) is 11.6 Å². The number of hydrogen-bond donors (Lipinski definition) is 2. The molecule has 1 aromatic carbocycles. The highest BCUT2D eigenvalue weighted by Gasteiger charge is 2.21. The first-order chi connectivity index (χ1) is 11.0. The Labute approximate surface area is 132 Å². The van der Waals surface area contributed by atoms with Crippen molar-refractivity contribution in [2.45, 2.75) is 13.3 Å². The fraction of sp³-hybridized carbons (Fsp3) is 0.357. The summed E-state index contributed by atoms with van der Waals surface area (Å²) in [5.41, 5.74) is -0.650. The number of nitro groups is 1. The van der Waals surface area contributed by atoms with Crippen LogP contribution in [-0.2, 0) is 14.3 Å². The second-order valence-corrected chi connectivity index (χ2v) is 4.48. The first-order valence-electron chi connectivity index (χ1n) is 6.89.